The summed E-state index contributed by atoms with van der Waals surface area (Å²) in [7, 11) is 3.03. The van der Waals surface area contributed by atoms with Gasteiger partial charge in [-0.25, -0.2) is 9.29 Å². The molecule has 0 atom stereocenters. The molecule has 31 heavy (non-hydrogen) atoms. The van der Waals surface area contributed by atoms with Crippen molar-refractivity contribution >= 4 is 28.8 Å². The van der Waals surface area contributed by atoms with Crippen LogP contribution in [-0.2, 0) is 9.59 Å². The van der Waals surface area contributed by atoms with Crippen molar-refractivity contribution in [3.8, 4) is 11.5 Å². The van der Waals surface area contributed by atoms with Crippen LogP contribution in [0.3, 0.4) is 0 Å². The first-order valence-corrected chi connectivity index (χ1v) is 9.46. The highest BCUT2D eigenvalue weighted by Crippen LogP contribution is 2.35. The summed E-state index contributed by atoms with van der Waals surface area (Å²) < 4.78 is 24.0. The van der Waals surface area contributed by atoms with Gasteiger partial charge in [-0.1, -0.05) is 30.3 Å². The van der Waals surface area contributed by atoms with Crippen LogP contribution in [0, 0.1) is 5.82 Å². The standard InChI is InChI=1S/C24H19FN2O4/c1-30-19-12-17(13-20(14-19)31-2)26-22-21(15-8-10-16(25)11-9-15)23(28)27(24(22)29)18-6-4-3-5-7-18/h3-14,26H,1-2H3. The molecule has 1 aliphatic rings. The number of ether oxygens (including phenoxy) is 2. The van der Waals surface area contributed by atoms with Gasteiger partial charge in [-0.05, 0) is 29.8 Å². The number of para-hydroxylation sites is 1. The van der Waals surface area contributed by atoms with E-state index in [9.17, 15) is 14.0 Å². The number of hydrogen-bond donors (Lipinski definition) is 1. The minimum absolute atomic E-state index is 0.0794. The van der Waals surface area contributed by atoms with Crippen molar-refractivity contribution in [3.63, 3.8) is 0 Å². The molecule has 156 valence electrons. The molecule has 0 spiro atoms. The first-order chi connectivity index (χ1) is 15.0. The SMILES string of the molecule is COc1cc(NC2=C(c3ccc(F)cc3)C(=O)N(c3ccccc3)C2=O)cc(OC)c1. The van der Waals surface area contributed by atoms with Gasteiger partial charge < -0.3 is 14.8 Å². The van der Waals surface area contributed by atoms with Gasteiger partial charge in [0.1, 0.15) is 23.0 Å². The van der Waals surface area contributed by atoms with Crippen LogP contribution in [0.4, 0.5) is 15.8 Å². The fraction of sp³-hybridized carbons (Fsp3) is 0.0833. The van der Waals surface area contributed by atoms with Crippen LogP contribution in [0.25, 0.3) is 5.57 Å². The Morgan fingerprint density at radius 3 is 2.00 bits per heavy atom. The second-order valence-corrected chi connectivity index (χ2v) is 6.76. The zero-order valence-electron chi connectivity index (χ0n) is 16.9. The lowest BCUT2D eigenvalue weighted by Crippen LogP contribution is -2.32. The summed E-state index contributed by atoms with van der Waals surface area (Å²) in [6, 6.07) is 19.1. The number of nitrogens with one attached hydrogen (secondary N) is 1. The first kappa shape index (κ1) is 20.2. The Hall–Kier alpha value is -4.13. The highest BCUT2D eigenvalue weighted by atomic mass is 19.1. The molecule has 0 unspecified atom stereocenters. The van der Waals surface area contributed by atoms with Crippen molar-refractivity contribution in [2.24, 2.45) is 0 Å². The second kappa shape index (κ2) is 8.31. The number of rotatable bonds is 6. The number of amides is 2. The van der Waals surface area contributed by atoms with Crippen molar-refractivity contribution < 1.29 is 23.5 Å². The Bertz CT molecular complexity index is 1150. The smallest absolute Gasteiger partial charge is 0.282 e. The van der Waals surface area contributed by atoms with Crippen LogP contribution in [0.5, 0.6) is 11.5 Å². The van der Waals surface area contributed by atoms with Gasteiger partial charge in [0.05, 0.1) is 25.5 Å². The number of benzene rings is 3. The molecule has 0 saturated carbocycles. The zero-order chi connectivity index (χ0) is 22.0. The van der Waals surface area contributed by atoms with Gasteiger partial charge in [0.15, 0.2) is 0 Å². The summed E-state index contributed by atoms with van der Waals surface area (Å²) in [6.07, 6.45) is 0. The third kappa shape index (κ3) is 3.85. The molecule has 4 rings (SSSR count). The maximum Gasteiger partial charge on any atom is 0.282 e. The Kier molecular flexibility index (Phi) is 5.41. The van der Waals surface area contributed by atoms with Crippen LogP contribution < -0.4 is 19.7 Å². The van der Waals surface area contributed by atoms with E-state index in [4.69, 9.17) is 9.47 Å². The van der Waals surface area contributed by atoms with Crippen molar-refractivity contribution in [2.75, 3.05) is 24.4 Å². The summed E-state index contributed by atoms with van der Waals surface area (Å²) in [6.45, 7) is 0. The van der Waals surface area contributed by atoms with Crippen LogP contribution >= 0.6 is 0 Å². The molecular formula is C24H19FN2O4. The van der Waals surface area contributed by atoms with Gasteiger partial charge in [0.25, 0.3) is 11.8 Å². The largest absolute Gasteiger partial charge is 0.497 e. The molecule has 2 amide bonds. The molecular weight excluding hydrogens is 399 g/mol. The maximum atomic E-state index is 13.5. The summed E-state index contributed by atoms with van der Waals surface area (Å²) in [5, 5.41) is 3.05. The molecule has 6 nitrogen and oxygen atoms in total. The Labute approximate surface area is 178 Å². The minimum atomic E-state index is -0.516. The van der Waals surface area contributed by atoms with Crippen LogP contribution in [0.1, 0.15) is 5.56 Å². The lowest BCUT2D eigenvalue weighted by Gasteiger charge is -2.15. The summed E-state index contributed by atoms with van der Waals surface area (Å²) in [4.78, 5) is 27.7. The fourth-order valence-corrected chi connectivity index (χ4v) is 3.37. The Morgan fingerprint density at radius 2 is 1.42 bits per heavy atom. The van der Waals surface area contributed by atoms with E-state index < -0.39 is 17.6 Å². The van der Waals surface area contributed by atoms with E-state index in [1.54, 1.807) is 48.5 Å². The number of carbonyl (C=O) groups is 2. The highest BCUT2D eigenvalue weighted by Gasteiger charge is 2.40. The van der Waals surface area contributed by atoms with Crippen LogP contribution in [0.2, 0.25) is 0 Å². The number of nitrogens with zero attached hydrogens (tertiary/aromatic N) is 1. The van der Waals surface area contributed by atoms with E-state index >= 15 is 0 Å². The molecule has 3 aromatic rings. The molecule has 3 aromatic carbocycles. The Balaban J connectivity index is 1.83. The third-order valence-electron chi connectivity index (χ3n) is 4.85. The van der Waals surface area contributed by atoms with Crippen LogP contribution in [-0.4, -0.2) is 26.0 Å². The number of carbonyl (C=O) groups excluding carboxylic acids is 2. The minimum Gasteiger partial charge on any atom is -0.497 e. The molecule has 0 aromatic heterocycles. The second-order valence-electron chi connectivity index (χ2n) is 6.76. The van der Waals surface area contributed by atoms with Gasteiger partial charge in [-0.2, -0.15) is 0 Å². The molecule has 0 fully saturated rings. The number of hydrogen-bond acceptors (Lipinski definition) is 5. The average molecular weight is 418 g/mol. The highest BCUT2D eigenvalue weighted by molar-refractivity contribution is 6.46. The summed E-state index contributed by atoms with van der Waals surface area (Å²) in [5.74, 6) is -0.421. The van der Waals surface area contributed by atoms with E-state index in [0.717, 1.165) is 4.90 Å². The third-order valence-corrected chi connectivity index (χ3v) is 4.85. The van der Waals surface area contributed by atoms with Gasteiger partial charge in [0, 0.05) is 23.9 Å². The fourth-order valence-electron chi connectivity index (χ4n) is 3.37. The lowest BCUT2D eigenvalue weighted by atomic mass is 10.0. The van der Waals surface area contributed by atoms with Gasteiger partial charge in [-0.3, -0.25) is 9.59 Å². The maximum absolute atomic E-state index is 13.5. The first-order valence-electron chi connectivity index (χ1n) is 9.46. The normalized spacial score (nSPS) is 13.6. The molecule has 1 heterocycles. The Morgan fingerprint density at radius 1 is 0.806 bits per heavy atom. The van der Waals surface area contributed by atoms with Crippen LogP contribution in [0.15, 0.2) is 78.5 Å². The monoisotopic (exact) mass is 418 g/mol. The summed E-state index contributed by atoms with van der Waals surface area (Å²) >= 11 is 0. The van der Waals surface area contributed by atoms with Crippen molar-refractivity contribution in [1.82, 2.24) is 0 Å². The van der Waals surface area contributed by atoms with E-state index in [0.29, 0.717) is 28.4 Å². The molecule has 0 saturated heterocycles. The molecule has 1 aliphatic heterocycles. The van der Waals surface area contributed by atoms with E-state index in [1.165, 1.54) is 38.5 Å². The molecule has 7 heteroatoms. The van der Waals surface area contributed by atoms with Crippen molar-refractivity contribution in [3.05, 3.63) is 89.9 Å². The van der Waals surface area contributed by atoms with Gasteiger partial charge in [-0.15, -0.1) is 0 Å². The molecule has 0 aliphatic carbocycles. The van der Waals surface area contributed by atoms with Crippen molar-refractivity contribution in [1.29, 1.82) is 0 Å². The molecule has 0 radical (unpaired) electrons. The quantitative estimate of drug-likeness (QED) is 0.607. The number of anilines is 2. The lowest BCUT2D eigenvalue weighted by molar-refractivity contribution is -0.120. The topological polar surface area (TPSA) is 67.9 Å². The zero-order valence-corrected chi connectivity index (χ0v) is 16.9. The number of methoxy groups -OCH3 is 2. The number of halogens is 1. The average Bonchev–Trinajstić information content (AvgIpc) is 3.04. The molecule has 0 bridgehead atoms. The van der Waals surface area contributed by atoms with Gasteiger partial charge >= 0.3 is 0 Å². The number of imide groups is 1. The predicted octanol–water partition coefficient (Wildman–Crippen LogP) is 4.24. The van der Waals surface area contributed by atoms with E-state index in [2.05, 4.69) is 5.32 Å². The van der Waals surface area contributed by atoms with Gasteiger partial charge in [0.2, 0.25) is 0 Å². The van der Waals surface area contributed by atoms with Crippen molar-refractivity contribution in [2.45, 2.75) is 0 Å². The predicted molar refractivity (Wildman–Crippen MR) is 115 cm³/mol. The molecule has 1 N–H and O–H groups in total. The van der Waals surface area contributed by atoms with E-state index in [-0.39, 0.29) is 11.3 Å². The van der Waals surface area contributed by atoms with E-state index in [1.807, 2.05) is 0 Å². The summed E-state index contributed by atoms with van der Waals surface area (Å²) in [5.41, 5.74) is 1.60.